The van der Waals surface area contributed by atoms with Gasteiger partial charge in [-0.1, -0.05) is 6.08 Å². The highest BCUT2D eigenvalue weighted by Crippen LogP contribution is 2.32. The lowest BCUT2D eigenvalue weighted by Gasteiger charge is -2.14. The zero-order valence-corrected chi connectivity index (χ0v) is 10.3. The fourth-order valence-electron chi connectivity index (χ4n) is 2.43. The first kappa shape index (κ1) is 11.2. The Morgan fingerprint density at radius 2 is 2.39 bits per heavy atom. The van der Waals surface area contributed by atoms with Crippen molar-refractivity contribution in [3.63, 3.8) is 0 Å². The molecule has 1 aliphatic heterocycles. The summed E-state index contributed by atoms with van der Waals surface area (Å²) in [6, 6.07) is 2.02. The van der Waals surface area contributed by atoms with Gasteiger partial charge >= 0.3 is 0 Å². The van der Waals surface area contributed by atoms with E-state index in [1.165, 1.54) is 0 Å². The molecule has 0 spiro atoms. The molecule has 0 amide bonds. The molecule has 3 rings (SSSR count). The molecule has 5 nitrogen and oxygen atoms in total. The van der Waals surface area contributed by atoms with Crippen molar-refractivity contribution in [1.29, 1.82) is 0 Å². The largest absolute Gasteiger partial charge is 0.372 e. The van der Waals surface area contributed by atoms with Gasteiger partial charge in [-0.3, -0.25) is 0 Å². The van der Waals surface area contributed by atoms with E-state index >= 15 is 0 Å². The first-order valence-electron chi connectivity index (χ1n) is 6.11. The van der Waals surface area contributed by atoms with Crippen LogP contribution in [-0.4, -0.2) is 27.7 Å². The Balaban J connectivity index is 2.01. The number of hydrogen-bond donors (Lipinski definition) is 1. The van der Waals surface area contributed by atoms with Crippen LogP contribution in [0.3, 0.4) is 0 Å². The standard InChI is InChI=1S/C13H16N4O/c1-3-9-4-5-11(18-9)17-7-6-10-12(14-2)15-8-16-13(10)17/h3,6-9,11H,1,4-5H2,2H3,(H,14,15,16). The van der Waals surface area contributed by atoms with Crippen molar-refractivity contribution in [3.05, 3.63) is 31.2 Å². The van der Waals surface area contributed by atoms with Crippen molar-refractivity contribution in [2.45, 2.75) is 25.2 Å². The van der Waals surface area contributed by atoms with Crippen molar-refractivity contribution in [3.8, 4) is 0 Å². The van der Waals surface area contributed by atoms with E-state index in [2.05, 4.69) is 26.4 Å². The Bertz CT molecular complexity index is 577. The number of ether oxygens (including phenoxy) is 1. The lowest BCUT2D eigenvalue weighted by molar-refractivity contribution is 0.0264. The molecule has 1 fully saturated rings. The predicted octanol–water partition coefficient (Wildman–Crippen LogP) is 2.34. The van der Waals surface area contributed by atoms with Gasteiger partial charge in [0.25, 0.3) is 0 Å². The van der Waals surface area contributed by atoms with E-state index in [0.29, 0.717) is 0 Å². The Morgan fingerprint density at radius 3 is 3.11 bits per heavy atom. The van der Waals surface area contributed by atoms with E-state index in [4.69, 9.17) is 4.74 Å². The zero-order chi connectivity index (χ0) is 12.5. The van der Waals surface area contributed by atoms with Crippen molar-refractivity contribution < 1.29 is 4.74 Å². The fourth-order valence-corrected chi connectivity index (χ4v) is 2.43. The molecule has 2 atom stereocenters. The molecule has 94 valence electrons. The van der Waals surface area contributed by atoms with Gasteiger partial charge in [-0.05, 0) is 18.9 Å². The molecule has 2 aromatic rings. The maximum absolute atomic E-state index is 5.90. The van der Waals surface area contributed by atoms with Crippen molar-refractivity contribution in [2.24, 2.45) is 0 Å². The molecule has 1 aliphatic rings. The minimum absolute atomic E-state index is 0.0464. The summed E-state index contributed by atoms with van der Waals surface area (Å²) < 4.78 is 7.97. The highest BCUT2D eigenvalue weighted by Gasteiger charge is 2.25. The average Bonchev–Trinajstić information content (AvgIpc) is 3.03. The third kappa shape index (κ3) is 1.67. The summed E-state index contributed by atoms with van der Waals surface area (Å²) in [4.78, 5) is 8.56. The molecule has 18 heavy (non-hydrogen) atoms. The van der Waals surface area contributed by atoms with Crippen LogP contribution in [0.25, 0.3) is 11.0 Å². The molecule has 0 bridgehead atoms. The Kier molecular flexibility index (Phi) is 2.76. The lowest BCUT2D eigenvalue weighted by atomic mass is 10.2. The first-order valence-corrected chi connectivity index (χ1v) is 6.11. The van der Waals surface area contributed by atoms with Crippen LogP contribution in [0.1, 0.15) is 19.1 Å². The number of fused-ring (bicyclic) bond motifs is 1. The summed E-state index contributed by atoms with van der Waals surface area (Å²) in [5, 5.41) is 4.09. The van der Waals surface area contributed by atoms with Gasteiger partial charge < -0.3 is 14.6 Å². The molecule has 1 N–H and O–H groups in total. The minimum Gasteiger partial charge on any atom is -0.372 e. The number of nitrogens with one attached hydrogen (secondary N) is 1. The van der Waals surface area contributed by atoms with Gasteiger partial charge in [0.1, 0.15) is 24.0 Å². The molecule has 0 saturated carbocycles. The topological polar surface area (TPSA) is 52.0 Å². The second-order valence-electron chi connectivity index (χ2n) is 4.37. The van der Waals surface area contributed by atoms with Crippen LogP contribution in [0.2, 0.25) is 0 Å². The summed E-state index contributed by atoms with van der Waals surface area (Å²) in [6.45, 7) is 3.78. The van der Waals surface area contributed by atoms with Crippen LogP contribution in [-0.2, 0) is 4.74 Å². The number of aromatic nitrogens is 3. The number of rotatable bonds is 3. The zero-order valence-electron chi connectivity index (χ0n) is 10.3. The van der Waals surface area contributed by atoms with E-state index in [9.17, 15) is 0 Å². The van der Waals surface area contributed by atoms with Gasteiger partial charge in [0.2, 0.25) is 0 Å². The first-order chi connectivity index (χ1) is 8.83. The van der Waals surface area contributed by atoms with Crippen LogP contribution in [0, 0.1) is 0 Å². The van der Waals surface area contributed by atoms with Crippen molar-refractivity contribution >= 4 is 16.9 Å². The number of hydrogen-bond acceptors (Lipinski definition) is 4. The molecule has 5 heteroatoms. The number of nitrogens with zero attached hydrogens (tertiary/aromatic N) is 3. The third-order valence-corrected chi connectivity index (χ3v) is 3.35. The van der Waals surface area contributed by atoms with E-state index in [-0.39, 0.29) is 12.3 Å². The van der Waals surface area contributed by atoms with Crippen LogP contribution in [0.15, 0.2) is 31.2 Å². The van der Waals surface area contributed by atoms with Gasteiger partial charge in [-0.15, -0.1) is 6.58 Å². The molecular formula is C13H16N4O. The number of anilines is 1. The van der Waals surface area contributed by atoms with Crippen molar-refractivity contribution in [1.82, 2.24) is 14.5 Å². The summed E-state index contributed by atoms with van der Waals surface area (Å²) in [5.74, 6) is 0.844. The smallest absolute Gasteiger partial charge is 0.147 e. The predicted molar refractivity (Wildman–Crippen MR) is 70.4 cm³/mol. The third-order valence-electron chi connectivity index (χ3n) is 3.35. The van der Waals surface area contributed by atoms with Gasteiger partial charge in [-0.25, -0.2) is 9.97 Å². The second-order valence-corrected chi connectivity index (χ2v) is 4.37. The lowest BCUT2D eigenvalue weighted by Crippen LogP contribution is -2.09. The van der Waals surface area contributed by atoms with Crippen LogP contribution >= 0.6 is 0 Å². The molecule has 0 aliphatic carbocycles. The maximum atomic E-state index is 5.90. The summed E-state index contributed by atoms with van der Waals surface area (Å²) in [5.41, 5.74) is 0.907. The Hall–Kier alpha value is -1.88. The molecule has 2 unspecified atom stereocenters. The second kappa shape index (κ2) is 4.42. The van der Waals surface area contributed by atoms with Crippen molar-refractivity contribution in [2.75, 3.05) is 12.4 Å². The average molecular weight is 244 g/mol. The Labute approximate surface area is 105 Å². The molecule has 2 aromatic heterocycles. The summed E-state index contributed by atoms with van der Waals surface area (Å²) in [7, 11) is 1.86. The highest BCUT2D eigenvalue weighted by molar-refractivity contribution is 5.87. The normalized spacial score (nSPS) is 23.4. The monoisotopic (exact) mass is 244 g/mol. The van der Waals surface area contributed by atoms with Gasteiger partial charge in [0.05, 0.1) is 11.5 Å². The minimum atomic E-state index is 0.0464. The van der Waals surface area contributed by atoms with Crippen LogP contribution in [0.5, 0.6) is 0 Å². The molecule has 1 saturated heterocycles. The molecule has 0 radical (unpaired) electrons. The molecule has 3 heterocycles. The summed E-state index contributed by atoms with van der Waals surface area (Å²) >= 11 is 0. The van der Waals surface area contributed by atoms with Gasteiger partial charge in [0.15, 0.2) is 0 Å². The quantitative estimate of drug-likeness (QED) is 0.842. The Morgan fingerprint density at radius 1 is 1.50 bits per heavy atom. The molecule has 0 aromatic carbocycles. The van der Waals surface area contributed by atoms with Gasteiger partial charge in [0, 0.05) is 13.2 Å². The van der Waals surface area contributed by atoms with E-state index in [1.807, 2.05) is 25.4 Å². The SMILES string of the molecule is C=CC1CCC(n2ccc3c(NC)ncnc32)O1. The highest BCUT2D eigenvalue weighted by atomic mass is 16.5. The maximum Gasteiger partial charge on any atom is 0.147 e. The van der Waals surface area contributed by atoms with E-state index < -0.39 is 0 Å². The summed E-state index contributed by atoms with van der Waals surface area (Å²) in [6.07, 6.45) is 7.64. The van der Waals surface area contributed by atoms with Crippen LogP contribution in [0.4, 0.5) is 5.82 Å². The molecular weight excluding hydrogens is 228 g/mol. The van der Waals surface area contributed by atoms with Gasteiger partial charge in [-0.2, -0.15) is 0 Å². The van der Waals surface area contributed by atoms with Crippen LogP contribution < -0.4 is 5.32 Å². The fraction of sp³-hybridized carbons (Fsp3) is 0.385. The van der Waals surface area contributed by atoms with E-state index in [0.717, 1.165) is 29.7 Å². The van der Waals surface area contributed by atoms with E-state index in [1.54, 1.807) is 6.33 Å².